The molecule has 1 aromatic rings. The van der Waals surface area contributed by atoms with Crippen LogP contribution in [0.5, 0.6) is 0 Å². The van der Waals surface area contributed by atoms with E-state index < -0.39 is 0 Å². The summed E-state index contributed by atoms with van der Waals surface area (Å²) in [6, 6.07) is 0. The third-order valence-corrected chi connectivity index (χ3v) is 3.30. The smallest absolute Gasteiger partial charge is 0.264 e. The number of aromatic nitrogens is 1. The van der Waals surface area contributed by atoms with Gasteiger partial charge >= 0.3 is 0 Å². The predicted molar refractivity (Wildman–Crippen MR) is 58.3 cm³/mol. The summed E-state index contributed by atoms with van der Waals surface area (Å²) in [7, 11) is 0. The van der Waals surface area contributed by atoms with Crippen molar-refractivity contribution in [2.45, 2.75) is 25.7 Å². The van der Waals surface area contributed by atoms with E-state index in [1.54, 1.807) is 0 Å². The van der Waals surface area contributed by atoms with E-state index in [0.717, 1.165) is 12.3 Å². The molecule has 0 bridgehead atoms. The fourth-order valence-corrected chi connectivity index (χ4v) is 2.28. The Bertz CT molecular complexity index is 292. The second-order valence-electron chi connectivity index (χ2n) is 3.72. The highest BCUT2D eigenvalue weighted by Gasteiger charge is 2.22. The Morgan fingerprint density at radius 2 is 2.29 bits per heavy atom. The van der Waals surface area contributed by atoms with E-state index in [9.17, 15) is 0 Å². The van der Waals surface area contributed by atoms with Gasteiger partial charge in [0, 0.05) is 21.8 Å². The number of piperidine rings is 1. The van der Waals surface area contributed by atoms with Crippen molar-refractivity contribution in [3.05, 3.63) is 16.8 Å². The minimum atomic E-state index is 0.566. The van der Waals surface area contributed by atoms with Crippen LogP contribution >= 0.6 is 15.9 Å². The summed E-state index contributed by atoms with van der Waals surface area (Å²) < 4.78 is 5.48. The molecular weight excluding hydrogens is 244 g/mol. The molecule has 0 saturated carbocycles. The Labute approximate surface area is 92.6 Å². The summed E-state index contributed by atoms with van der Waals surface area (Å²) >= 11 is 3.24. The van der Waals surface area contributed by atoms with Gasteiger partial charge in [0.2, 0.25) is 0 Å². The Morgan fingerprint density at radius 3 is 2.79 bits per heavy atom. The van der Waals surface area contributed by atoms with Gasteiger partial charge in [0.1, 0.15) is 5.76 Å². The van der Waals surface area contributed by atoms with Gasteiger partial charge in [0.15, 0.2) is 0 Å². The summed E-state index contributed by atoms with van der Waals surface area (Å²) in [6.07, 6.45) is 4.22. The van der Waals surface area contributed by atoms with E-state index in [1.807, 2.05) is 6.20 Å². The van der Waals surface area contributed by atoms with Crippen LogP contribution in [0.4, 0.5) is 0 Å². The van der Waals surface area contributed by atoms with Crippen LogP contribution in [0, 0.1) is 0 Å². The second-order valence-corrected chi connectivity index (χ2v) is 4.40. The monoisotopic (exact) mass is 258 g/mol. The molecule has 3 nitrogen and oxygen atoms in total. The molecule has 2 heterocycles. The van der Waals surface area contributed by atoms with Crippen molar-refractivity contribution >= 4 is 15.9 Å². The molecule has 1 aliphatic heterocycles. The number of nitrogens with zero attached hydrogens (tertiary/aromatic N) is 2. The summed E-state index contributed by atoms with van der Waals surface area (Å²) in [6.45, 7) is 5.73. The van der Waals surface area contributed by atoms with Crippen molar-refractivity contribution in [2.75, 3.05) is 19.6 Å². The summed E-state index contributed by atoms with van der Waals surface area (Å²) in [5, 5.41) is 0. The van der Waals surface area contributed by atoms with Gasteiger partial charge in [0.05, 0.1) is 6.20 Å². The molecular formula is C10H15BrN2O. The average molecular weight is 259 g/mol. The quantitative estimate of drug-likeness (QED) is 0.817. The van der Waals surface area contributed by atoms with Gasteiger partial charge in [-0.25, -0.2) is 4.98 Å². The second kappa shape index (κ2) is 4.45. The molecule has 0 atom stereocenters. The number of hydrogen-bond acceptors (Lipinski definition) is 3. The lowest BCUT2D eigenvalue weighted by Gasteiger charge is -2.29. The zero-order valence-electron chi connectivity index (χ0n) is 8.37. The molecule has 4 heteroatoms. The van der Waals surface area contributed by atoms with Crippen LogP contribution < -0.4 is 0 Å². The van der Waals surface area contributed by atoms with E-state index in [0.29, 0.717) is 10.7 Å². The maximum atomic E-state index is 5.48. The van der Waals surface area contributed by atoms with E-state index in [-0.39, 0.29) is 0 Å². The van der Waals surface area contributed by atoms with Crippen LogP contribution in [0.25, 0.3) is 0 Å². The van der Waals surface area contributed by atoms with Crippen LogP contribution in [-0.2, 0) is 0 Å². The SMILES string of the molecule is CCN1CCC(c2cnc(Br)o2)CC1. The number of halogens is 1. The van der Waals surface area contributed by atoms with Gasteiger partial charge in [-0.3, -0.25) is 0 Å². The third kappa shape index (κ3) is 2.17. The molecule has 1 saturated heterocycles. The molecule has 1 fully saturated rings. The van der Waals surface area contributed by atoms with Crippen LogP contribution in [0.1, 0.15) is 31.4 Å². The number of oxazole rings is 1. The fourth-order valence-electron chi connectivity index (χ4n) is 1.99. The lowest BCUT2D eigenvalue weighted by atomic mass is 9.95. The van der Waals surface area contributed by atoms with Gasteiger partial charge in [-0.1, -0.05) is 6.92 Å². The minimum absolute atomic E-state index is 0.566. The van der Waals surface area contributed by atoms with Gasteiger partial charge in [0.25, 0.3) is 4.80 Å². The summed E-state index contributed by atoms with van der Waals surface area (Å²) in [5.74, 6) is 1.60. The average Bonchev–Trinajstić information content (AvgIpc) is 2.65. The van der Waals surface area contributed by atoms with Crippen molar-refractivity contribution in [2.24, 2.45) is 0 Å². The van der Waals surface area contributed by atoms with Crippen molar-refractivity contribution in [3.8, 4) is 0 Å². The van der Waals surface area contributed by atoms with Crippen molar-refractivity contribution in [1.29, 1.82) is 0 Å². The molecule has 0 aromatic carbocycles. The van der Waals surface area contributed by atoms with E-state index in [4.69, 9.17) is 4.42 Å². The third-order valence-electron chi connectivity index (χ3n) is 2.93. The summed E-state index contributed by atoms with van der Waals surface area (Å²) in [4.78, 5) is 7.14. The first-order valence-electron chi connectivity index (χ1n) is 5.13. The lowest BCUT2D eigenvalue weighted by Crippen LogP contribution is -2.32. The normalized spacial score (nSPS) is 20.1. The fraction of sp³-hybridized carbons (Fsp3) is 0.700. The molecule has 14 heavy (non-hydrogen) atoms. The van der Waals surface area contributed by atoms with Gasteiger partial charge in [-0.2, -0.15) is 0 Å². The van der Waals surface area contributed by atoms with Crippen molar-refractivity contribution in [1.82, 2.24) is 9.88 Å². The predicted octanol–water partition coefficient (Wildman–Crippen LogP) is 2.64. The molecule has 1 aliphatic rings. The lowest BCUT2D eigenvalue weighted by molar-refractivity contribution is 0.210. The van der Waals surface area contributed by atoms with Crippen LogP contribution in [0.2, 0.25) is 0 Å². The molecule has 1 aromatic heterocycles. The molecule has 78 valence electrons. The maximum absolute atomic E-state index is 5.48. The van der Waals surface area contributed by atoms with Crippen molar-refractivity contribution in [3.63, 3.8) is 0 Å². The van der Waals surface area contributed by atoms with E-state index in [1.165, 1.54) is 25.9 Å². The van der Waals surface area contributed by atoms with Gasteiger partial charge < -0.3 is 9.32 Å². The Kier molecular flexibility index (Phi) is 3.23. The number of rotatable bonds is 2. The zero-order chi connectivity index (χ0) is 9.97. The standard InChI is InChI=1S/C10H15BrN2O/c1-2-13-5-3-8(4-6-13)9-7-12-10(11)14-9/h7-8H,2-6H2,1H3. The Balaban J connectivity index is 1.95. The minimum Gasteiger partial charge on any atom is -0.436 e. The molecule has 0 aliphatic carbocycles. The van der Waals surface area contributed by atoms with Gasteiger partial charge in [-0.15, -0.1) is 0 Å². The Hall–Kier alpha value is -0.350. The highest BCUT2D eigenvalue weighted by Crippen LogP contribution is 2.29. The molecule has 0 N–H and O–H groups in total. The summed E-state index contributed by atoms with van der Waals surface area (Å²) in [5.41, 5.74) is 0. The molecule has 0 amide bonds. The first-order chi connectivity index (χ1) is 6.79. The zero-order valence-corrected chi connectivity index (χ0v) is 9.96. The van der Waals surface area contributed by atoms with Gasteiger partial charge in [-0.05, 0) is 32.5 Å². The maximum Gasteiger partial charge on any atom is 0.264 e. The molecule has 2 rings (SSSR count). The van der Waals surface area contributed by atoms with E-state index >= 15 is 0 Å². The number of hydrogen-bond donors (Lipinski definition) is 0. The Morgan fingerprint density at radius 1 is 1.57 bits per heavy atom. The highest BCUT2D eigenvalue weighted by atomic mass is 79.9. The van der Waals surface area contributed by atoms with Crippen LogP contribution in [0.15, 0.2) is 15.4 Å². The molecule has 0 unspecified atom stereocenters. The highest BCUT2D eigenvalue weighted by molar-refractivity contribution is 9.10. The number of likely N-dealkylation sites (tertiary alicyclic amines) is 1. The van der Waals surface area contributed by atoms with Crippen LogP contribution in [0.3, 0.4) is 0 Å². The topological polar surface area (TPSA) is 29.3 Å². The molecule has 0 radical (unpaired) electrons. The molecule has 0 spiro atoms. The largest absolute Gasteiger partial charge is 0.436 e. The van der Waals surface area contributed by atoms with Crippen molar-refractivity contribution < 1.29 is 4.42 Å². The first-order valence-corrected chi connectivity index (χ1v) is 5.92. The van der Waals surface area contributed by atoms with Crippen LogP contribution in [-0.4, -0.2) is 29.5 Å². The first kappa shape index (κ1) is 10.2. The van der Waals surface area contributed by atoms with E-state index in [2.05, 4.69) is 32.7 Å².